The van der Waals surface area contributed by atoms with Crippen molar-refractivity contribution in [3.8, 4) is 0 Å². The maximum absolute atomic E-state index is 11.4. The second-order valence-electron chi connectivity index (χ2n) is 3.90. The standard InChI is InChI=1S/C13H16O4/c1-9(2)17-12(14)8-10-4-6-11(7-5-10)13(15)16-3/h4-7,9H,8H2,1-3H3. The lowest BCUT2D eigenvalue weighted by atomic mass is 10.1. The molecule has 0 N–H and O–H groups in total. The van der Waals surface area contributed by atoms with Crippen LogP contribution in [0.1, 0.15) is 29.8 Å². The number of hydrogen-bond donors (Lipinski definition) is 0. The van der Waals surface area contributed by atoms with Gasteiger partial charge in [-0.15, -0.1) is 0 Å². The van der Waals surface area contributed by atoms with E-state index in [1.807, 2.05) is 0 Å². The van der Waals surface area contributed by atoms with Gasteiger partial charge in [-0.3, -0.25) is 4.79 Å². The molecule has 0 aliphatic heterocycles. The van der Waals surface area contributed by atoms with Crippen molar-refractivity contribution in [3.05, 3.63) is 35.4 Å². The largest absolute Gasteiger partial charge is 0.465 e. The fourth-order valence-electron chi connectivity index (χ4n) is 1.35. The fraction of sp³-hybridized carbons (Fsp3) is 0.385. The van der Waals surface area contributed by atoms with Gasteiger partial charge in [-0.1, -0.05) is 12.1 Å². The van der Waals surface area contributed by atoms with Gasteiger partial charge in [-0.2, -0.15) is 0 Å². The summed E-state index contributed by atoms with van der Waals surface area (Å²) in [5.74, 6) is -0.660. The van der Waals surface area contributed by atoms with E-state index in [9.17, 15) is 9.59 Å². The summed E-state index contributed by atoms with van der Waals surface area (Å²) in [7, 11) is 1.33. The fourth-order valence-corrected chi connectivity index (χ4v) is 1.35. The first-order chi connectivity index (χ1) is 8.02. The number of hydrogen-bond acceptors (Lipinski definition) is 4. The third-order valence-corrected chi connectivity index (χ3v) is 2.09. The molecular weight excluding hydrogens is 220 g/mol. The van der Waals surface area contributed by atoms with Gasteiger partial charge in [-0.05, 0) is 31.5 Å². The Morgan fingerprint density at radius 3 is 2.24 bits per heavy atom. The molecule has 0 aliphatic rings. The summed E-state index contributed by atoms with van der Waals surface area (Å²) in [4.78, 5) is 22.6. The molecule has 0 bridgehead atoms. The lowest BCUT2D eigenvalue weighted by Gasteiger charge is -2.07. The van der Waals surface area contributed by atoms with Gasteiger partial charge in [0.15, 0.2) is 0 Å². The minimum absolute atomic E-state index is 0.114. The van der Waals surface area contributed by atoms with Crippen molar-refractivity contribution >= 4 is 11.9 Å². The number of esters is 2. The van der Waals surface area contributed by atoms with Gasteiger partial charge in [-0.25, -0.2) is 4.79 Å². The minimum Gasteiger partial charge on any atom is -0.465 e. The Hall–Kier alpha value is -1.84. The molecule has 0 aromatic heterocycles. The van der Waals surface area contributed by atoms with E-state index in [0.717, 1.165) is 5.56 Å². The van der Waals surface area contributed by atoms with Crippen LogP contribution in [-0.4, -0.2) is 25.2 Å². The van der Waals surface area contributed by atoms with Crippen molar-refractivity contribution in [2.24, 2.45) is 0 Å². The Kier molecular flexibility index (Phi) is 4.69. The van der Waals surface area contributed by atoms with Gasteiger partial charge in [0.05, 0.1) is 25.2 Å². The van der Waals surface area contributed by atoms with Gasteiger partial charge in [0.1, 0.15) is 0 Å². The van der Waals surface area contributed by atoms with Gasteiger partial charge in [0.2, 0.25) is 0 Å². The zero-order valence-corrected chi connectivity index (χ0v) is 10.2. The van der Waals surface area contributed by atoms with Crippen LogP contribution < -0.4 is 0 Å². The highest BCUT2D eigenvalue weighted by molar-refractivity contribution is 5.89. The predicted octanol–water partition coefficient (Wildman–Crippen LogP) is 1.97. The van der Waals surface area contributed by atoms with Crippen LogP contribution in [0.3, 0.4) is 0 Å². The molecule has 0 spiro atoms. The van der Waals surface area contributed by atoms with Gasteiger partial charge < -0.3 is 9.47 Å². The predicted molar refractivity (Wildman–Crippen MR) is 62.7 cm³/mol. The van der Waals surface area contributed by atoms with Crippen molar-refractivity contribution in [1.29, 1.82) is 0 Å². The van der Waals surface area contributed by atoms with Gasteiger partial charge in [0.25, 0.3) is 0 Å². The quantitative estimate of drug-likeness (QED) is 0.750. The summed E-state index contributed by atoms with van der Waals surface area (Å²) in [5.41, 5.74) is 1.27. The van der Waals surface area contributed by atoms with E-state index in [1.165, 1.54) is 7.11 Å². The Labute approximate surface area is 101 Å². The normalized spacial score (nSPS) is 10.1. The number of benzene rings is 1. The van der Waals surface area contributed by atoms with E-state index in [0.29, 0.717) is 5.56 Å². The second kappa shape index (κ2) is 6.03. The monoisotopic (exact) mass is 236 g/mol. The molecule has 0 saturated carbocycles. The molecule has 17 heavy (non-hydrogen) atoms. The molecule has 0 aliphatic carbocycles. The first-order valence-electron chi connectivity index (χ1n) is 5.39. The molecule has 0 unspecified atom stereocenters. The van der Waals surface area contributed by atoms with Gasteiger partial charge in [0, 0.05) is 0 Å². The molecule has 0 heterocycles. The highest BCUT2D eigenvalue weighted by Gasteiger charge is 2.08. The van der Waals surface area contributed by atoms with Crippen LogP contribution in [0.25, 0.3) is 0 Å². The minimum atomic E-state index is -0.388. The molecule has 4 heteroatoms. The maximum atomic E-state index is 11.4. The van der Waals surface area contributed by atoms with Crippen molar-refractivity contribution in [2.75, 3.05) is 7.11 Å². The van der Waals surface area contributed by atoms with E-state index >= 15 is 0 Å². The SMILES string of the molecule is COC(=O)c1ccc(CC(=O)OC(C)C)cc1. The van der Waals surface area contributed by atoms with Crippen LogP contribution in [0.15, 0.2) is 24.3 Å². The van der Waals surface area contributed by atoms with Crippen LogP contribution in [0.4, 0.5) is 0 Å². The van der Waals surface area contributed by atoms with Crippen molar-refractivity contribution in [2.45, 2.75) is 26.4 Å². The van der Waals surface area contributed by atoms with E-state index in [-0.39, 0.29) is 24.5 Å². The van der Waals surface area contributed by atoms with Crippen molar-refractivity contribution in [1.82, 2.24) is 0 Å². The summed E-state index contributed by atoms with van der Waals surface area (Å²) >= 11 is 0. The zero-order chi connectivity index (χ0) is 12.8. The molecule has 0 fully saturated rings. The van der Waals surface area contributed by atoms with Gasteiger partial charge >= 0.3 is 11.9 Å². The number of rotatable bonds is 4. The molecule has 1 aromatic rings. The number of methoxy groups -OCH3 is 1. The van der Waals surface area contributed by atoms with E-state index in [1.54, 1.807) is 38.1 Å². The summed E-state index contributed by atoms with van der Waals surface area (Å²) in [5, 5.41) is 0. The molecule has 0 saturated heterocycles. The lowest BCUT2D eigenvalue weighted by Crippen LogP contribution is -2.13. The lowest BCUT2D eigenvalue weighted by molar-refractivity contribution is -0.146. The molecule has 0 radical (unpaired) electrons. The van der Waals surface area contributed by atoms with Crippen LogP contribution in [0, 0.1) is 0 Å². The van der Waals surface area contributed by atoms with Crippen LogP contribution in [-0.2, 0) is 20.7 Å². The molecule has 0 atom stereocenters. The molecule has 4 nitrogen and oxygen atoms in total. The van der Waals surface area contributed by atoms with Crippen LogP contribution in [0.2, 0.25) is 0 Å². The van der Waals surface area contributed by atoms with Crippen LogP contribution in [0.5, 0.6) is 0 Å². The molecular formula is C13H16O4. The number of ether oxygens (including phenoxy) is 2. The first kappa shape index (κ1) is 13.2. The zero-order valence-electron chi connectivity index (χ0n) is 10.2. The Balaban J connectivity index is 2.62. The first-order valence-corrected chi connectivity index (χ1v) is 5.39. The topological polar surface area (TPSA) is 52.6 Å². The summed E-state index contributed by atoms with van der Waals surface area (Å²) in [6, 6.07) is 6.69. The summed E-state index contributed by atoms with van der Waals surface area (Å²) in [6.45, 7) is 3.61. The average molecular weight is 236 g/mol. The third-order valence-electron chi connectivity index (χ3n) is 2.09. The Morgan fingerprint density at radius 1 is 1.18 bits per heavy atom. The molecule has 0 amide bonds. The Morgan fingerprint density at radius 2 is 1.76 bits per heavy atom. The smallest absolute Gasteiger partial charge is 0.337 e. The van der Waals surface area contributed by atoms with Crippen molar-refractivity contribution in [3.63, 3.8) is 0 Å². The molecule has 1 rings (SSSR count). The van der Waals surface area contributed by atoms with E-state index in [4.69, 9.17) is 4.74 Å². The van der Waals surface area contributed by atoms with Crippen molar-refractivity contribution < 1.29 is 19.1 Å². The number of carbonyl (C=O) groups is 2. The summed E-state index contributed by atoms with van der Waals surface area (Å²) in [6.07, 6.45) is 0.0939. The third kappa shape index (κ3) is 4.26. The van der Waals surface area contributed by atoms with Crippen LogP contribution >= 0.6 is 0 Å². The summed E-state index contributed by atoms with van der Waals surface area (Å²) < 4.78 is 9.60. The second-order valence-corrected chi connectivity index (χ2v) is 3.90. The number of carbonyl (C=O) groups excluding carboxylic acids is 2. The highest BCUT2D eigenvalue weighted by Crippen LogP contribution is 2.07. The Bertz CT molecular complexity index is 392. The average Bonchev–Trinajstić information content (AvgIpc) is 2.28. The van der Waals surface area contributed by atoms with E-state index in [2.05, 4.69) is 4.74 Å². The van der Waals surface area contributed by atoms with E-state index < -0.39 is 0 Å². The maximum Gasteiger partial charge on any atom is 0.337 e. The highest BCUT2D eigenvalue weighted by atomic mass is 16.5. The molecule has 92 valence electrons. The molecule has 1 aromatic carbocycles.